The van der Waals surface area contributed by atoms with Crippen LogP contribution in [0.3, 0.4) is 0 Å². The zero-order valence-corrected chi connectivity index (χ0v) is 11.1. The highest BCUT2D eigenvalue weighted by Crippen LogP contribution is 2.31. The molecule has 0 atom stereocenters. The molecule has 1 aromatic heterocycles. The minimum Gasteiger partial charge on any atom is -0.462 e. The summed E-state index contributed by atoms with van der Waals surface area (Å²) in [6.07, 6.45) is 1.61. The summed E-state index contributed by atoms with van der Waals surface area (Å²) in [5.41, 5.74) is 2.88. The van der Waals surface area contributed by atoms with E-state index in [0.29, 0.717) is 22.9 Å². The molecule has 0 saturated heterocycles. The summed E-state index contributed by atoms with van der Waals surface area (Å²) in [6.45, 7) is 7.71. The van der Waals surface area contributed by atoms with Crippen LogP contribution in [0.5, 0.6) is 0 Å². The van der Waals surface area contributed by atoms with Crippen molar-refractivity contribution >= 4 is 34.5 Å². The average Bonchev–Trinajstić information content (AvgIpc) is 2.73. The molecule has 0 fully saturated rings. The number of esters is 1. The van der Waals surface area contributed by atoms with Crippen LogP contribution in [0.25, 0.3) is 17.0 Å². The van der Waals surface area contributed by atoms with Gasteiger partial charge in [-0.1, -0.05) is 18.2 Å². The van der Waals surface area contributed by atoms with Crippen molar-refractivity contribution in [2.75, 3.05) is 6.61 Å². The van der Waals surface area contributed by atoms with Crippen LogP contribution in [-0.2, 0) is 4.74 Å². The number of fused-ring (bicyclic) bond motifs is 1. The second-order valence-corrected chi connectivity index (χ2v) is 4.34. The largest absolute Gasteiger partial charge is 0.462 e. The van der Waals surface area contributed by atoms with Crippen LogP contribution in [0.4, 0.5) is 0 Å². The van der Waals surface area contributed by atoms with Gasteiger partial charge < -0.3 is 9.72 Å². The van der Waals surface area contributed by atoms with Gasteiger partial charge in [-0.25, -0.2) is 4.79 Å². The van der Waals surface area contributed by atoms with Crippen molar-refractivity contribution < 1.29 is 9.53 Å². The van der Waals surface area contributed by atoms with E-state index >= 15 is 0 Å². The van der Waals surface area contributed by atoms with Crippen molar-refractivity contribution in [1.29, 1.82) is 0 Å². The van der Waals surface area contributed by atoms with Gasteiger partial charge in [-0.3, -0.25) is 0 Å². The molecule has 1 heterocycles. The summed E-state index contributed by atoms with van der Waals surface area (Å²) >= 11 is 6.10. The maximum atomic E-state index is 12.0. The van der Waals surface area contributed by atoms with Gasteiger partial charge >= 0.3 is 5.97 Å². The third-order valence-corrected chi connectivity index (χ3v) is 3.28. The molecule has 0 aliphatic carbocycles. The second-order valence-electron chi connectivity index (χ2n) is 3.93. The number of aryl methyl sites for hydroxylation is 1. The molecule has 0 saturated carbocycles. The zero-order chi connectivity index (χ0) is 13.3. The Bertz CT molecular complexity index is 628. The molecule has 4 heteroatoms. The van der Waals surface area contributed by atoms with Crippen molar-refractivity contribution in [2.45, 2.75) is 13.8 Å². The lowest BCUT2D eigenvalue weighted by molar-refractivity contribution is 0.0528. The number of carbonyl (C=O) groups is 1. The molecule has 0 amide bonds. The van der Waals surface area contributed by atoms with Gasteiger partial charge in [0.25, 0.3) is 0 Å². The minimum absolute atomic E-state index is 0.335. The molecule has 94 valence electrons. The van der Waals surface area contributed by atoms with Crippen LogP contribution in [0.15, 0.2) is 18.7 Å². The molecule has 3 nitrogen and oxygen atoms in total. The van der Waals surface area contributed by atoms with Crippen LogP contribution in [0.2, 0.25) is 5.02 Å². The molecule has 0 aliphatic rings. The highest BCUT2D eigenvalue weighted by atomic mass is 35.5. The average molecular weight is 264 g/mol. The van der Waals surface area contributed by atoms with Crippen LogP contribution >= 0.6 is 11.6 Å². The molecule has 0 aliphatic heterocycles. The van der Waals surface area contributed by atoms with Gasteiger partial charge in [0.2, 0.25) is 0 Å². The second kappa shape index (κ2) is 4.86. The Kier molecular flexibility index (Phi) is 3.43. The number of nitrogens with one attached hydrogen (secondary N) is 1. The van der Waals surface area contributed by atoms with E-state index in [1.165, 1.54) is 0 Å². The first kappa shape index (κ1) is 12.7. The predicted molar refractivity (Wildman–Crippen MR) is 74.1 cm³/mol. The zero-order valence-electron chi connectivity index (χ0n) is 10.3. The number of rotatable bonds is 3. The summed E-state index contributed by atoms with van der Waals surface area (Å²) in [6, 6.07) is 3.65. The molecule has 0 radical (unpaired) electrons. The standard InChI is InChI=1S/C14H14ClNO2/c1-4-10-13(14(17)18-5-2)12-8(3)9(15)6-7-11(12)16-10/h4,6-7,16H,1,5H2,2-3H3. The fourth-order valence-corrected chi connectivity index (χ4v) is 2.18. The summed E-state index contributed by atoms with van der Waals surface area (Å²) in [4.78, 5) is 15.2. The molecule has 1 aromatic carbocycles. The molecular formula is C14H14ClNO2. The quantitative estimate of drug-likeness (QED) is 0.852. The van der Waals surface area contributed by atoms with Crippen LogP contribution in [0.1, 0.15) is 28.5 Å². The van der Waals surface area contributed by atoms with Crippen LogP contribution < -0.4 is 0 Å². The van der Waals surface area contributed by atoms with Crippen molar-refractivity contribution in [3.05, 3.63) is 40.6 Å². The number of hydrogen-bond donors (Lipinski definition) is 1. The Morgan fingerprint density at radius 2 is 2.28 bits per heavy atom. The first-order valence-electron chi connectivity index (χ1n) is 5.70. The van der Waals surface area contributed by atoms with Crippen molar-refractivity contribution in [3.63, 3.8) is 0 Å². The highest BCUT2D eigenvalue weighted by Gasteiger charge is 2.20. The first-order valence-corrected chi connectivity index (χ1v) is 6.08. The Labute approximate surface area is 110 Å². The summed E-state index contributed by atoms with van der Waals surface area (Å²) in [5.74, 6) is -0.357. The Morgan fingerprint density at radius 3 is 2.89 bits per heavy atom. The fourth-order valence-electron chi connectivity index (χ4n) is 2.02. The van der Waals surface area contributed by atoms with E-state index in [2.05, 4.69) is 11.6 Å². The molecule has 18 heavy (non-hydrogen) atoms. The summed E-state index contributed by atoms with van der Waals surface area (Å²) < 4.78 is 5.08. The third kappa shape index (κ3) is 1.91. The van der Waals surface area contributed by atoms with E-state index in [4.69, 9.17) is 16.3 Å². The summed E-state index contributed by atoms with van der Waals surface area (Å²) in [7, 11) is 0. The van der Waals surface area contributed by atoms with Gasteiger partial charge in [0.05, 0.1) is 17.9 Å². The van der Waals surface area contributed by atoms with Crippen molar-refractivity contribution in [3.8, 4) is 0 Å². The van der Waals surface area contributed by atoms with Gasteiger partial charge in [-0.05, 0) is 37.6 Å². The molecular weight excluding hydrogens is 250 g/mol. The summed E-state index contributed by atoms with van der Waals surface area (Å²) in [5, 5.41) is 1.43. The maximum absolute atomic E-state index is 12.0. The number of aromatic amines is 1. The number of aromatic nitrogens is 1. The van der Waals surface area contributed by atoms with Crippen LogP contribution in [0, 0.1) is 6.92 Å². The Morgan fingerprint density at radius 1 is 1.56 bits per heavy atom. The topological polar surface area (TPSA) is 42.1 Å². The molecule has 0 unspecified atom stereocenters. The lowest BCUT2D eigenvalue weighted by Gasteiger charge is -2.04. The van der Waals surface area contributed by atoms with Gasteiger partial charge in [0.15, 0.2) is 0 Å². The smallest absolute Gasteiger partial charge is 0.340 e. The predicted octanol–water partition coefficient (Wildman–Crippen LogP) is 3.95. The van der Waals surface area contributed by atoms with E-state index in [1.54, 1.807) is 19.1 Å². The lowest BCUT2D eigenvalue weighted by atomic mass is 10.1. The Balaban J connectivity index is 2.79. The van der Waals surface area contributed by atoms with Gasteiger partial charge in [0.1, 0.15) is 0 Å². The van der Waals surface area contributed by atoms with E-state index in [0.717, 1.165) is 16.5 Å². The fraction of sp³-hybridized carbons (Fsp3) is 0.214. The van der Waals surface area contributed by atoms with Gasteiger partial charge in [-0.2, -0.15) is 0 Å². The van der Waals surface area contributed by atoms with E-state index in [-0.39, 0.29) is 5.97 Å². The highest BCUT2D eigenvalue weighted by molar-refractivity contribution is 6.32. The molecule has 0 bridgehead atoms. The van der Waals surface area contributed by atoms with E-state index in [9.17, 15) is 4.79 Å². The van der Waals surface area contributed by atoms with Crippen molar-refractivity contribution in [2.24, 2.45) is 0 Å². The lowest BCUT2D eigenvalue weighted by Crippen LogP contribution is -2.06. The Hall–Kier alpha value is -1.74. The number of benzene rings is 1. The molecule has 0 spiro atoms. The SMILES string of the molecule is C=Cc1[nH]c2ccc(Cl)c(C)c2c1C(=O)OCC. The molecule has 2 rings (SSSR count). The van der Waals surface area contributed by atoms with E-state index in [1.807, 2.05) is 13.0 Å². The molecule has 2 aromatic rings. The normalized spacial score (nSPS) is 10.6. The maximum Gasteiger partial charge on any atom is 0.340 e. The minimum atomic E-state index is -0.357. The number of halogens is 1. The van der Waals surface area contributed by atoms with E-state index < -0.39 is 0 Å². The third-order valence-electron chi connectivity index (χ3n) is 2.87. The van der Waals surface area contributed by atoms with Gasteiger partial charge in [0, 0.05) is 15.9 Å². The first-order chi connectivity index (χ1) is 8.60. The number of carbonyl (C=O) groups excluding carboxylic acids is 1. The van der Waals surface area contributed by atoms with Crippen LogP contribution in [-0.4, -0.2) is 17.6 Å². The van der Waals surface area contributed by atoms with Crippen molar-refractivity contribution in [1.82, 2.24) is 4.98 Å². The number of hydrogen-bond acceptors (Lipinski definition) is 2. The monoisotopic (exact) mass is 263 g/mol. The molecule has 1 N–H and O–H groups in total. The number of ether oxygens (including phenoxy) is 1. The number of H-pyrrole nitrogens is 1. The van der Waals surface area contributed by atoms with Gasteiger partial charge in [-0.15, -0.1) is 0 Å².